The van der Waals surface area contributed by atoms with E-state index >= 15 is 0 Å². The Morgan fingerprint density at radius 2 is 1.83 bits per heavy atom. The maximum Gasteiger partial charge on any atom is 0.243 e. The van der Waals surface area contributed by atoms with Crippen LogP contribution in [0.3, 0.4) is 0 Å². The molecule has 8 heteroatoms. The van der Waals surface area contributed by atoms with Gasteiger partial charge in [-0.05, 0) is 49.1 Å². The molecule has 0 unspecified atom stereocenters. The molecule has 0 atom stereocenters. The van der Waals surface area contributed by atoms with Crippen molar-refractivity contribution >= 4 is 27.5 Å². The fourth-order valence-electron chi connectivity index (χ4n) is 3.63. The van der Waals surface area contributed by atoms with Gasteiger partial charge in [0.15, 0.2) is 0 Å². The van der Waals surface area contributed by atoms with E-state index in [0.717, 1.165) is 6.42 Å². The van der Waals surface area contributed by atoms with Gasteiger partial charge >= 0.3 is 0 Å². The molecule has 7 nitrogen and oxygen atoms in total. The molecule has 166 valence electrons. The van der Waals surface area contributed by atoms with Gasteiger partial charge in [0.2, 0.25) is 21.8 Å². The normalized spacial score (nSPS) is 15.0. The minimum atomic E-state index is -3.63. The van der Waals surface area contributed by atoms with Crippen LogP contribution < -0.4 is 10.6 Å². The lowest BCUT2D eigenvalue weighted by atomic mass is 9.86. The lowest BCUT2D eigenvalue weighted by molar-refractivity contribution is -0.117. The number of carbonyl (C=O) groups is 2. The van der Waals surface area contributed by atoms with E-state index in [1.54, 1.807) is 12.1 Å². The van der Waals surface area contributed by atoms with E-state index in [2.05, 4.69) is 17.2 Å². The van der Waals surface area contributed by atoms with Crippen molar-refractivity contribution in [2.75, 3.05) is 25.5 Å². The predicted molar refractivity (Wildman–Crippen MR) is 119 cm³/mol. The van der Waals surface area contributed by atoms with Crippen LogP contribution in [0.15, 0.2) is 41.8 Å². The zero-order chi connectivity index (χ0) is 22.0. The van der Waals surface area contributed by atoms with Crippen LogP contribution in [0.2, 0.25) is 0 Å². The summed E-state index contributed by atoms with van der Waals surface area (Å²) in [6, 6.07) is 6.23. The Balaban J connectivity index is 1.81. The van der Waals surface area contributed by atoms with E-state index in [9.17, 15) is 18.0 Å². The lowest BCUT2D eigenvalue weighted by Crippen LogP contribution is -2.31. The van der Waals surface area contributed by atoms with Crippen LogP contribution >= 0.6 is 0 Å². The molecule has 1 aromatic carbocycles. The molecule has 2 rings (SSSR count). The van der Waals surface area contributed by atoms with E-state index < -0.39 is 10.0 Å². The third-order valence-corrected chi connectivity index (χ3v) is 7.36. The molecular formula is C22H33N3O4S. The molecule has 0 aliphatic heterocycles. The highest BCUT2D eigenvalue weighted by Gasteiger charge is 2.20. The average Bonchev–Trinajstić information content (AvgIpc) is 2.76. The summed E-state index contributed by atoms with van der Waals surface area (Å²) in [5, 5.41) is 5.47. The quantitative estimate of drug-likeness (QED) is 0.412. The molecule has 0 radical (unpaired) electrons. The van der Waals surface area contributed by atoms with Gasteiger partial charge in [-0.15, -0.1) is 0 Å². The van der Waals surface area contributed by atoms with Crippen molar-refractivity contribution in [3.8, 4) is 0 Å². The monoisotopic (exact) mass is 435 g/mol. The molecule has 0 heterocycles. The van der Waals surface area contributed by atoms with E-state index in [-0.39, 0.29) is 23.3 Å². The van der Waals surface area contributed by atoms with Crippen LogP contribution in [0.5, 0.6) is 0 Å². The number of benzene rings is 1. The van der Waals surface area contributed by atoms with Gasteiger partial charge in [-0.25, -0.2) is 12.7 Å². The molecule has 30 heavy (non-hydrogen) atoms. The minimum absolute atomic E-state index is 0.0325. The second-order valence-corrected chi connectivity index (χ2v) is 9.84. The van der Waals surface area contributed by atoms with Gasteiger partial charge in [0, 0.05) is 32.2 Å². The van der Waals surface area contributed by atoms with E-state index in [0.29, 0.717) is 31.0 Å². The van der Waals surface area contributed by atoms with Crippen LogP contribution in [0.4, 0.5) is 5.69 Å². The van der Waals surface area contributed by atoms with E-state index in [1.807, 2.05) is 0 Å². The highest BCUT2D eigenvalue weighted by Crippen LogP contribution is 2.27. The minimum Gasteiger partial charge on any atom is -0.353 e. The van der Waals surface area contributed by atoms with Crippen LogP contribution in [0.1, 0.15) is 51.4 Å². The maximum absolute atomic E-state index is 12.7. The zero-order valence-corrected chi connectivity index (χ0v) is 18.5. The molecular weight excluding hydrogens is 402 g/mol. The van der Waals surface area contributed by atoms with Crippen LogP contribution in [0, 0.1) is 5.92 Å². The van der Waals surface area contributed by atoms with Crippen LogP contribution in [0.25, 0.3) is 0 Å². The first-order valence-electron chi connectivity index (χ1n) is 10.6. The van der Waals surface area contributed by atoms with Gasteiger partial charge in [-0.3, -0.25) is 9.59 Å². The number of rotatable bonds is 11. The Hall–Kier alpha value is -2.19. The maximum atomic E-state index is 12.7. The summed E-state index contributed by atoms with van der Waals surface area (Å²) in [6.45, 7) is 4.01. The number of anilines is 1. The summed E-state index contributed by atoms with van der Waals surface area (Å²) in [6.07, 6.45) is 9.34. The van der Waals surface area contributed by atoms with Gasteiger partial charge in [0.05, 0.1) is 4.90 Å². The standard InChI is InChI=1S/C22H33N3O4S/c1-3-21(26)23-16-7-17-25(2)30(28,29)20-13-11-19(12-14-20)24-22(27)15-10-18-8-5-4-6-9-18/h3,11-14,18H,1,4-10,15-17H2,2H3,(H,23,26)(H,24,27). The number of amides is 2. The summed E-state index contributed by atoms with van der Waals surface area (Å²) in [5.41, 5.74) is 0.595. The molecule has 1 fully saturated rings. The van der Waals surface area contributed by atoms with Crippen molar-refractivity contribution in [1.82, 2.24) is 9.62 Å². The molecule has 2 amide bonds. The van der Waals surface area contributed by atoms with Crippen molar-refractivity contribution in [2.45, 2.75) is 56.3 Å². The number of hydrogen-bond acceptors (Lipinski definition) is 4. The molecule has 1 saturated carbocycles. The molecule has 2 N–H and O–H groups in total. The van der Waals surface area contributed by atoms with Gasteiger partial charge in [-0.1, -0.05) is 38.7 Å². The Morgan fingerprint density at radius 3 is 2.47 bits per heavy atom. The van der Waals surface area contributed by atoms with E-state index in [4.69, 9.17) is 0 Å². The lowest BCUT2D eigenvalue weighted by Gasteiger charge is -2.21. The third-order valence-electron chi connectivity index (χ3n) is 5.49. The van der Waals surface area contributed by atoms with Crippen molar-refractivity contribution < 1.29 is 18.0 Å². The molecule has 0 aromatic heterocycles. The highest BCUT2D eigenvalue weighted by atomic mass is 32.2. The van der Waals surface area contributed by atoms with Crippen LogP contribution in [-0.2, 0) is 19.6 Å². The summed E-state index contributed by atoms with van der Waals surface area (Å²) in [7, 11) is -2.12. The smallest absolute Gasteiger partial charge is 0.243 e. The summed E-state index contributed by atoms with van der Waals surface area (Å²) in [5.74, 6) is 0.337. The predicted octanol–water partition coefficient (Wildman–Crippen LogP) is 3.30. The molecule has 1 aliphatic carbocycles. The number of sulfonamides is 1. The SMILES string of the molecule is C=CC(=O)NCCCN(C)S(=O)(=O)c1ccc(NC(=O)CCC2CCCCC2)cc1. The molecule has 0 spiro atoms. The highest BCUT2D eigenvalue weighted by molar-refractivity contribution is 7.89. The van der Waals surface area contributed by atoms with Crippen molar-refractivity contribution in [1.29, 1.82) is 0 Å². The second-order valence-electron chi connectivity index (χ2n) is 7.79. The fourth-order valence-corrected chi connectivity index (χ4v) is 4.84. The van der Waals surface area contributed by atoms with Crippen molar-refractivity contribution in [3.63, 3.8) is 0 Å². The summed E-state index contributed by atoms with van der Waals surface area (Å²) >= 11 is 0. The molecule has 1 aliphatic rings. The number of carbonyl (C=O) groups excluding carboxylic acids is 2. The fraction of sp³-hybridized carbons (Fsp3) is 0.545. The van der Waals surface area contributed by atoms with Gasteiger partial charge in [0.1, 0.15) is 0 Å². The Kier molecular flexibility index (Phi) is 9.52. The topological polar surface area (TPSA) is 95.6 Å². The van der Waals surface area contributed by atoms with Gasteiger partial charge in [0.25, 0.3) is 0 Å². The Morgan fingerprint density at radius 1 is 1.17 bits per heavy atom. The molecule has 0 bridgehead atoms. The third kappa shape index (κ3) is 7.57. The Labute approximate surface area is 180 Å². The molecule has 0 saturated heterocycles. The number of nitrogens with zero attached hydrogens (tertiary/aromatic N) is 1. The Bertz CT molecular complexity index is 815. The van der Waals surface area contributed by atoms with Crippen molar-refractivity contribution in [2.24, 2.45) is 5.92 Å². The van der Waals surface area contributed by atoms with Gasteiger partial charge < -0.3 is 10.6 Å². The van der Waals surface area contributed by atoms with Crippen molar-refractivity contribution in [3.05, 3.63) is 36.9 Å². The zero-order valence-electron chi connectivity index (χ0n) is 17.7. The largest absolute Gasteiger partial charge is 0.353 e. The number of hydrogen-bond donors (Lipinski definition) is 2. The molecule has 1 aromatic rings. The average molecular weight is 436 g/mol. The summed E-state index contributed by atoms with van der Waals surface area (Å²) in [4.78, 5) is 23.5. The van der Waals surface area contributed by atoms with Gasteiger partial charge in [-0.2, -0.15) is 0 Å². The summed E-state index contributed by atoms with van der Waals surface area (Å²) < 4.78 is 26.6. The first kappa shape index (κ1) is 24.1. The number of nitrogens with one attached hydrogen (secondary N) is 2. The van der Waals surface area contributed by atoms with Crippen LogP contribution in [-0.4, -0.2) is 44.7 Å². The first-order chi connectivity index (χ1) is 14.3. The first-order valence-corrected chi connectivity index (χ1v) is 12.0. The second kappa shape index (κ2) is 11.9. The van der Waals surface area contributed by atoms with E-state index in [1.165, 1.54) is 61.7 Å².